The molecule has 3 atom stereocenters. The lowest BCUT2D eigenvalue weighted by atomic mass is 9.69. The summed E-state index contributed by atoms with van der Waals surface area (Å²) in [6.45, 7) is 5.27. The number of likely N-dealkylation sites (tertiary alicyclic amines) is 1. The quantitative estimate of drug-likeness (QED) is 0.894. The summed E-state index contributed by atoms with van der Waals surface area (Å²) in [6.07, 6.45) is 7.92. The van der Waals surface area contributed by atoms with Crippen molar-refractivity contribution in [1.29, 1.82) is 0 Å². The molecule has 1 saturated heterocycles. The molecule has 2 fully saturated rings. The molecule has 3 heteroatoms. The summed E-state index contributed by atoms with van der Waals surface area (Å²) >= 11 is 0. The van der Waals surface area contributed by atoms with Crippen LogP contribution >= 0.6 is 0 Å². The van der Waals surface area contributed by atoms with Crippen molar-refractivity contribution in [3.05, 3.63) is 24.2 Å². The monoisotopic (exact) mass is 249 g/mol. The summed E-state index contributed by atoms with van der Waals surface area (Å²) in [4.78, 5) is 2.48. The highest BCUT2D eigenvalue weighted by atomic mass is 16.3. The van der Waals surface area contributed by atoms with Gasteiger partial charge in [-0.15, -0.1) is 0 Å². The van der Waals surface area contributed by atoms with E-state index in [1.807, 2.05) is 12.3 Å². The molecule has 0 radical (unpaired) electrons. The van der Waals surface area contributed by atoms with Gasteiger partial charge in [0, 0.05) is 31.1 Å². The third kappa shape index (κ3) is 2.10. The lowest BCUT2D eigenvalue weighted by Gasteiger charge is -2.40. The van der Waals surface area contributed by atoms with Gasteiger partial charge in [0.2, 0.25) is 0 Å². The second kappa shape index (κ2) is 4.71. The number of hydrogen-bond acceptors (Lipinski definition) is 3. The number of aliphatic hydroxyl groups is 1. The van der Waals surface area contributed by atoms with E-state index in [0.717, 1.165) is 32.5 Å². The second-order valence-electron chi connectivity index (χ2n) is 6.04. The first-order chi connectivity index (χ1) is 8.71. The van der Waals surface area contributed by atoms with Gasteiger partial charge in [-0.1, -0.05) is 13.3 Å². The van der Waals surface area contributed by atoms with Gasteiger partial charge >= 0.3 is 0 Å². The summed E-state index contributed by atoms with van der Waals surface area (Å²) < 4.78 is 5.13. The van der Waals surface area contributed by atoms with Gasteiger partial charge in [-0.3, -0.25) is 4.90 Å². The lowest BCUT2D eigenvalue weighted by molar-refractivity contribution is -0.0613. The molecule has 3 nitrogen and oxygen atoms in total. The van der Waals surface area contributed by atoms with Crippen molar-refractivity contribution in [2.24, 2.45) is 11.8 Å². The number of rotatable bonds is 3. The molecule has 0 spiro atoms. The Bertz CT molecular complexity index is 389. The van der Waals surface area contributed by atoms with Crippen LogP contribution in [0.15, 0.2) is 23.0 Å². The lowest BCUT2D eigenvalue weighted by Crippen LogP contribution is -2.44. The molecule has 1 saturated carbocycles. The van der Waals surface area contributed by atoms with E-state index in [4.69, 9.17) is 4.42 Å². The van der Waals surface area contributed by atoms with Crippen LogP contribution in [0.25, 0.3) is 0 Å². The predicted octanol–water partition coefficient (Wildman–Crippen LogP) is 2.65. The fourth-order valence-corrected chi connectivity index (χ4v) is 3.93. The Hall–Kier alpha value is -0.800. The van der Waals surface area contributed by atoms with Crippen molar-refractivity contribution in [2.45, 2.75) is 44.8 Å². The largest absolute Gasteiger partial charge is 0.472 e. The molecule has 1 aromatic heterocycles. The molecule has 0 aromatic carbocycles. The fraction of sp³-hybridized carbons (Fsp3) is 0.733. The van der Waals surface area contributed by atoms with Gasteiger partial charge in [0.25, 0.3) is 0 Å². The third-order valence-electron chi connectivity index (χ3n) is 4.99. The molecule has 1 aliphatic heterocycles. The molecule has 2 heterocycles. The molecule has 0 amide bonds. The van der Waals surface area contributed by atoms with Crippen LogP contribution in [0, 0.1) is 11.8 Å². The fourth-order valence-electron chi connectivity index (χ4n) is 3.93. The van der Waals surface area contributed by atoms with Crippen molar-refractivity contribution in [1.82, 2.24) is 4.90 Å². The Labute approximate surface area is 109 Å². The molecule has 18 heavy (non-hydrogen) atoms. The highest BCUT2D eigenvalue weighted by Crippen LogP contribution is 2.44. The molecular formula is C15H23NO2. The zero-order valence-electron chi connectivity index (χ0n) is 11.1. The Morgan fingerprint density at radius 2 is 2.39 bits per heavy atom. The average molecular weight is 249 g/mol. The van der Waals surface area contributed by atoms with Crippen LogP contribution in [-0.2, 0) is 6.54 Å². The van der Waals surface area contributed by atoms with Crippen molar-refractivity contribution in [3.63, 3.8) is 0 Å². The van der Waals surface area contributed by atoms with E-state index in [1.54, 1.807) is 6.26 Å². The Balaban J connectivity index is 1.69. The molecule has 1 N–H and O–H groups in total. The third-order valence-corrected chi connectivity index (χ3v) is 4.99. The van der Waals surface area contributed by atoms with E-state index < -0.39 is 5.60 Å². The van der Waals surface area contributed by atoms with Crippen molar-refractivity contribution < 1.29 is 9.52 Å². The van der Waals surface area contributed by atoms with Gasteiger partial charge in [-0.2, -0.15) is 0 Å². The first kappa shape index (κ1) is 12.2. The van der Waals surface area contributed by atoms with Gasteiger partial charge in [0.05, 0.1) is 18.1 Å². The van der Waals surface area contributed by atoms with Gasteiger partial charge < -0.3 is 9.52 Å². The molecule has 1 aromatic rings. The summed E-state index contributed by atoms with van der Waals surface area (Å²) in [7, 11) is 0. The van der Waals surface area contributed by atoms with Crippen LogP contribution in [0.4, 0.5) is 0 Å². The van der Waals surface area contributed by atoms with E-state index in [9.17, 15) is 5.11 Å². The molecule has 1 aliphatic carbocycles. The minimum absolute atomic E-state index is 0.409. The first-order valence-corrected chi connectivity index (χ1v) is 7.17. The van der Waals surface area contributed by atoms with Crippen LogP contribution in [0.1, 0.15) is 38.2 Å². The number of hydrogen-bond donors (Lipinski definition) is 1. The van der Waals surface area contributed by atoms with E-state index >= 15 is 0 Å². The highest BCUT2D eigenvalue weighted by Gasteiger charge is 2.47. The standard InChI is InChI=1S/C15H23NO2/c1-2-15(17)6-3-4-13-9-16(10-14(13)15)8-12-5-7-18-11-12/h5,7,11,13-14,17H,2-4,6,8-10H2,1H3/t13-,14+,15-/m1/s1. The van der Waals surface area contributed by atoms with Gasteiger partial charge in [-0.25, -0.2) is 0 Å². The van der Waals surface area contributed by atoms with Gasteiger partial charge in [0.15, 0.2) is 0 Å². The van der Waals surface area contributed by atoms with E-state index in [2.05, 4.69) is 11.8 Å². The topological polar surface area (TPSA) is 36.6 Å². The van der Waals surface area contributed by atoms with Crippen LogP contribution in [-0.4, -0.2) is 28.7 Å². The minimum atomic E-state index is -0.409. The maximum atomic E-state index is 10.7. The number of nitrogens with zero attached hydrogens (tertiary/aromatic N) is 1. The Morgan fingerprint density at radius 1 is 1.50 bits per heavy atom. The van der Waals surface area contributed by atoms with Crippen LogP contribution in [0.2, 0.25) is 0 Å². The summed E-state index contributed by atoms with van der Waals surface area (Å²) in [5.74, 6) is 1.17. The van der Waals surface area contributed by atoms with E-state index in [1.165, 1.54) is 18.4 Å². The SMILES string of the molecule is CC[C@@]1(O)CCC[C@@H]2CN(Cc3ccoc3)C[C@@H]21. The van der Waals surface area contributed by atoms with Crippen molar-refractivity contribution in [3.8, 4) is 0 Å². The van der Waals surface area contributed by atoms with Crippen molar-refractivity contribution >= 4 is 0 Å². The highest BCUT2D eigenvalue weighted by molar-refractivity contribution is 5.07. The molecular weight excluding hydrogens is 226 g/mol. The zero-order valence-corrected chi connectivity index (χ0v) is 11.1. The van der Waals surface area contributed by atoms with Crippen LogP contribution < -0.4 is 0 Å². The summed E-state index contributed by atoms with van der Waals surface area (Å²) in [5.41, 5.74) is 0.835. The zero-order chi connectivity index (χ0) is 12.6. The van der Waals surface area contributed by atoms with Crippen molar-refractivity contribution in [2.75, 3.05) is 13.1 Å². The molecule has 2 aliphatic rings. The number of fused-ring (bicyclic) bond motifs is 1. The van der Waals surface area contributed by atoms with Crippen LogP contribution in [0.5, 0.6) is 0 Å². The smallest absolute Gasteiger partial charge is 0.0947 e. The van der Waals surface area contributed by atoms with Gasteiger partial charge in [-0.05, 0) is 31.2 Å². The number of furan rings is 1. The molecule has 3 rings (SSSR count). The van der Waals surface area contributed by atoms with Gasteiger partial charge in [0.1, 0.15) is 0 Å². The minimum Gasteiger partial charge on any atom is -0.472 e. The predicted molar refractivity (Wildman–Crippen MR) is 70.1 cm³/mol. The molecule has 0 bridgehead atoms. The maximum Gasteiger partial charge on any atom is 0.0947 e. The Kier molecular flexibility index (Phi) is 3.20. The first-order valence-electron chi connectivity index (χ1n) is 7.17. The molecule has 0 unspecified atom stereocenters. The van der Waals surface area contributed by atoms with E-state index in [0.29, 0.717) is 11.8 Å². The normalized spacial score (nSPS) is 36.8. The average Bonchev–Trinajstić information content (AvgIpc) is 2.99. The van der Waals surface area contributed by atoms with Crippen LogP contribution in [0.3, 0.4) is 0 Å². The maximum absolute atomic E-state index is 10.7. The molecule has 100 valence electrons. The summed E-state index contributed by atoms with van der Waals surface area (Å²) in [6, 6.07) is 2.04. The Morgan fingerprint density at radius 3 is 3.11 bits per heavy atom. The van der Waals surface area contributed by atoms with E-state index in [-0.39, 0.29) is 0 Å². The second-order valence-corrected chi connectivity index (χ2v) is 6.04. The summed E-state index contributed by atoms with van der Waals surface area (Å²) in [5, 5.41) is 10.7.